The molecule has 0 saturated carbocycles. The number of carbonyl (C=O) groups excluding carboxylic acids is 1. The zero-order chi connectivity index (χ0) is 17.8. The Labute approximate surface area is 136 Å². The highest BCUT2D eigenvalue weighted by molar-refractivity contribution is 7.80. The van der Waals surface area contributed by atoms with E-state index in [9.17, 15) is 13.2 Å². The molecule has 0 atom stereocenters. The van der Waals surface area contributed by atoms with Crippen LogP contribution in [0, 0.1) is 6.57 Å². The van der Waals surface area contributed by atoms with E-state index in [1.807, 2.05) is 0 Å². The lowest BCUT2D eigenvalue weighted by atomic mass is 10.1. The third-order valence-corrected chi connectivity index (χ3v) is 3.59. The first-order valence-corrected chi connectivity index (χ1v) is 8.02. The quantitative estimate of drug-likeness (QED) is 0.459. The van der Waals surface area contributed by atoms with Crippen LogP contribution in [0.15, 0.2) is 34.8 Å². The number of amides is 1. The fraction of sp³-hybridized carbons (Fsp3) is 0.429. The Morgan fingerprint density at radius 3 is 2.26 bits per heavy atom. The normalized spacial score (nSPS) is 14.8. The van der Waals surface area contributed by atoms with Crippen LogP contribution in [0.4, 0.5) is 0 Å². The Balaban J connectivity index is 3.02. The highest BCUT2D eigenvalue weighted by Gasteiger charge is 2.21. The van der Waals surface area contributed by atoms with Gasteiger partial charge in [0.25, 0.3) is 11.6 Å². The van der Waals surface area contributed by atoms with Crippen LogP contribution in [0.5, 0.6) is 0 Å². The minimum Gasteiger partial charge on any atom is -0.354 e. The highest BCUT2D eigenvalue weighted by Crippen LogP contribution is 2.25. The van der Waals surface area contributed by atoms with Crippen molar-refractivity contribution in [2.24, 2.45) is 0 Å². The molecule has 23 heavy (non-hydrogen) atoms. The smallest absolute Gasteiger partial charge is 0.354 e. The van der Waals surface area contributed by atoms with Crippen molar-refractivity contribution in [3.8, 4) is 0 Å². The van der Waals surface area contributed by atoms with E-state index in [4.69, 9.17) is 11.1 Å². The van der Waals surface area contributed by atoms with Crippen molar-refractivity contribution in [3.05, 3.63) is 46.2 Å². The summed E-state index contributed by atoms with van der Waals surface area (Å²) in [6, 6.07) is 0. The molecule has 1 N–H and O–H groups in total. The molecule has 0 saturated heterocycles. The molecular formula is C14H19N3O5S. The minimum atomic E-state index is -4.47. The topological polar surface area (TPSA) is 91.5 Å². The number of hydrogen-bond acceptors (Lipinski definition) is 5. The third-order valence-electron chi connectivity index (χ3n) is 3.12. The number of likely N-dealkylation sites (N-methyl/N-ethyl adjacent to an activating group) is 1. The Bertz CT molecular complexity index is 704. The van der Waals surface area contributed by atoms with Gasteiger partial charge in [-0.25, -0.2) is 9.03 Å². The minimum absolute atomic E-state index is 0.0162. The maximum Gasteiger partial charge on any atom is 0.397 e. The predicted molar refractivity (Wildman–Crippen MR) is 84.0 cm³/mol. The first-order chi connectivity index (χ1) is 10.6. The van der Waals surface area contributed by atoms with Gasteiger partial charge in [-0.1, -0.05) is 0 Å². The molecule has 0 aliphatic carbocycles. The lowest BCUT2D eigenvalue weighted by Crippen LogP contribution is -2.28. The molecule has 9 heteroatoms. The first kappa shape index (κ1) is 18.9. The third kappa shape index (κ3) is 5.21. The lowest BCUT2D eigenvalue weighted by Gasteiger charge is -2.29. The second-order valence-corrected chi connectivity index (χ2v) is 6.18. The standard InChI is InChI=1S/C14H19N3O5S/c1-10-8-12(13(15-3)14(18)16(4)5)9-11(2)17(10)6-7-22-23(19,20)21/h8-9H,6-7H2,1-2,4-5H3,(H,19,20,21). The Morgan fingerprint density at radius 1 is 1.35 bits per heavy atom. The van der Waals surface area contributed by atoms with Gasteiger partial charge in [-0.2, -0.15) is 8.42 Å². The summed E-state index contributed by atoms with van der Waals surface area (Å²) in [5.41, 5.74) is 1.97. The second-order valence-electron chi connectivity index (χ2n) is 5.09. The average Bonchev–Trinajstić information content (AvgIpc) is 2.41. The van der Waals surface area contributed by atoms with Crippen molar-refractivity contribution < 1.29 is 21.9 Å². The monoisotopic (exact) mass is 341 g/mol. The van der Waals surface area contributed by atoms with E-state index < -0.39 is 10.4 Å². The summed E-state index contributed by atoms with van der Waals surface area (Å²) in [5.74, 6) is -0.383. The second kappa shape index (κ2) is 7.41. The molecule has 0 bridgehead atoms. The predicted octanol–water partition coefficient (Wildman–Crippen LogP) is 1.19. The molecule has 1 amide bonds. The van der Waals surface area contributed by atoms with Crippen LogP contribution >= 0.6 is 0 Å². The van der Waals surface area contributed by atoms with E-state index >= 15 is 0 Å². The Hall–Kier alpha value is -2.15. The van der Waals surface area contributed by atoms with Crippen LogP contribution in [0.25, 0.3) is 4.85 Å². The van der Waals surface area contributed by atoms with Gasteiger partial charge in [0.05, 0.1) is 13.2 Å². The van der Waals surface area contributed by atoms with Gasteiger partial charge < -0.3 is 9.80 Å². The summed E-state index contributed by atoms with van der Waals surface area (Å²) in [6.45, 7) is 10.7. The maximum absolute atomic E-state index is 12.0. The van der Waals surface area contributed by atoms with Crippen molar-refractivity contribution in [2.75, 3.05) is 27.2 Å². The van der Waals surface area contributed by atoms with Crippen LogP contribution in [0.1, 0.15) is 13.8 Å². The number of rotatable bonds is 5. The Morgan fingerprint density at radius 2 is 1.87 bits per heavy atom. The summed E-state index contributed by atoms with van der Waals surface area (Å²) < 4.78 is 34.0. The molecule has 0 fully saturated rings. The molecule has 1 rings (SSSR count). The van der Waals surface area contributed by atoms with Crippen molar-refractivity contribution in [3.63, 3.8) is 0 Å². The van der Waals surface area contributed by atoms with Crippen molar-refractivity contribution >= 4 is 16.3 Å². The van der Waals surface area contributed by atoms with Crippen LogP contribution in [0.3, 0.4) is 0 Å². The molecule has 126 valence electrons. The van der Waals surface area contributed by atoms with Gasteiger partial charge in [0.15, 0.2) is 0 Å². The number of nitrogens with zero attached hydrogens (tertiary/aromatic N) is 3. The van der Waals surface area contributed by atoms with E-state index in [1.54, 1.807) is 45.0 Å². The van der Waals surface area contributed by atoms with Gasteiger partial charge in [0.1, 0.15) is 0 Å². The lowest BCUT2D eigenvalue weighted by molar-refractivity contribution is -0.124. The molecule has 1 aliphatic heterocycles. The van der Waals surface area contributed by atoms with E-state index in [0.717, 1.165) is 11.4 Å². The molecule has 0 aromatic rings. The van der Waals surface area contributed by atoms with Crippen molar-refractivity contribution in [2.45, 2.75) is 13.8 Å². The fourth-order valence-corrected chi connectivity index (χ4v) is 2.38. The molecule has 0 radical (unpaired) electrons. The average molecular weight is 341 g/mol. The van der Waals surface area contributed by atoms with Gasteiger partial charge >= 0.3 is 10.4 Å². The van der Waals surface area contributed by atoms with E-state index in [1.165, 1.54) is 4.90 Å². The molecule has 8 nitrogen and oxygen atoms in total. The number of carbonyl (C=O) groups is 1. The number of allylic oxidation sites excluding steroid dienone is 5. The summed E-state index contributed by atoms with van der Waals surface area (Å²) in [7, 11) is -1.33. The summed E-state index contributed by atoms with van der Waals surface area (Å²) in [4.78, 5) is 18.4. The number of hydrogen-bond donors (Lipinski definition) is 1. The molecule has 0 spiro atoms. The van der Waals surface area contributed by atoms with E-state index in [0.29, 0.717) is 5.57 Å². The fourth-order valence-electron chi connectivity index (χ4n) is 2.10. The van der Waals surface area contributed by atoms with E-state index in [-0.39, 0.29) is 24.8 Å². The van der Waals surface area contributed by atoms with Crippen LogP contribution in [-0.4, -0.2) is 55.9 Å². The van der Waals surface area contributed by atoms with E-state index in [2.05, 4.69) is 9.03 Å². The summed E-state index contributed by atoms with van der Waals surface area (Å²) in [5, 5.41) is 0. The van der Waals surface area contributed by atoms with Crippen molar-refractivity contribution in [1.29, 1.82) is 0 Å². The van der Waals surface area contributed by atoms with Gasteiger partial charge in [-0.15, -0.1) is 0 Å². The molecule has 0 aromatic heterocycles. The largest absolute Gasteiger partial charge is 0.397 e. The zero-order valence-corrected chi connectivity index (χ0v) is 14.2. The highest BCUT2D eigenvalue weighted by atomic mass is 32.3. The van der Waals surface area contributed by atoms with Gasteiger partial charge in [-0.05, 0) is 31.6 Å². The zero-order valence-electron chi connectivity index (χ0n) is 13.4. The molecular weight excluding hydrogens is 322 g/mol. The van der Waals surface area contributed by atoms with Gasteiger partial charge in [-0.3, -0.25) is 9.35 Å². The van der Waals surface area contributed by atoms with Crippen LogP contribution in [-0.2, 0) is 19.4 Å². The van der Waals surface area contributed by atoms with Crippen LogP contribution < -0.4 is 0 Å². The molecule has 1 aliphatic rings. The maximum atomic E-state index is 12.0. The SMILES string of the molecule is [C-]#[N+]C(C(=O)N(C)C)=C1C=C(C)N(CCOS(=O)(=O)O)C(C)=C1. The van der Waals surface area contributed by atoms with Gasteiger partial charge in [0.2, 0.25) is 0 Å². The van der Waals surface area contributed by atoms with Gasteiger partial charge in [0, 0.05) is 32.0 Å². The molecule has 0 unspecified atom stereocenters. The Kier molecular flexibility index (Phi) is 6.09. The summed E-state index contributed by atoms with van der Waals surface area (Å²) >= 11 is 0. The molecule has 1 heterocycles. The summed E-state index contributed by atoms with van der Waals surface area (Å²) in [6.07, 6.45) is 3.35. The molecule has 0 aromatic carbocycles. The van der Waals surface area contributed by atoms with Crippen molar-refractivity contribution in [1.82, 2.24) is 9.80 Å². The first-order valence-electron chi connectivity index (χ1n) is 6.66. The van der Waals surface area contributed by atoms with Crippen LogP contribution in [0.2, 0.25) is 0 Å².